The van der Waals surface area contributed by atoms with Crippen molar-refractivity contribution in [1.29, 1.82) is 0 Å². The van der Waals surface area contributed by atoms with Gasteiger partial charge in [0.15, 0.2) is 0 Å². The molecule has 1 heterocycles. The van der Waals surface area contributed by atoms with Gasteiger partial charge in [0.1, 0.15) is 0 Å². The SMILES string of the molecule is CC(NCC1(C)CCCO1)c1ccc([N+](=O)[O-])cc1. The Bertz CT molecular complexity index is 439. The highest BCUT2D eigenvalue weighted by Crippen LogP contribution is 2.25. The fraction of sp³-hybridized carbons (Fsp3) is 0.571. The number of nitro groups is 1. The summed E-state index contributed by atoms with van der Waals surface area (Å²) in [5.41, 5.74) is 1.10. The van der Waals surface area contributed by atoms with E-state index < -0.39 is 0 Å². The molecule has 19 heavy (non-hydrogen) atoms. The third-order valence-electron chi connectivity index (χ3n) is 3.69. The van der Waals surface area contributed by atoms with E-state index in [0.717, 1.165) is 31.6 Å². The first kappa shape index (κ1) is 14.0. The molecule has 2 rings (SSSR count). The Labute approximate surface area is 113 Å². The Balaban J connectivity index is 1.92. The van der Waals surface area contributed by atoms with Crippen molar-refractivity contribution in [3.63, 3.8) is 0 Å². The summed E-state index contributed by atoms with van der Waals surface area (Å²) in [6, 6.07) is 6.84. The minimum Gasteiger partial charge on any atom is -0.374 e. The maximum Gasteiger partial charge on any atom is 0.269 e. The molecule has 1 aliphatic rings. The number of nitrogens with zero attached hydrogens (tertiary/aromatic N) is 1. The molecule has 1 aromatic carbocycles. The maximum atomic E-state index is 10.6. The molecule has 0 aliphatic carbocycles. The van der Waals surface area contributed by atoms with Gasteiger partial charge in [-0.1, -0.05) is 12.1 Å². The van der Waals surface area contributed by atoms with Crippen molar-refractivity contribution in [3.8, 4) is 0 Å². The summed E-state index contributed by atoms with van der Waals surface area (Å²) in [5, 5.41) is 14.0. The highest BCUT2D eigenvalue weighted by atomic mass is 16.6. The average Bonchev–Trinajstić information content (AvgIpc) is 2.83. The van der Waals surface area contributed by atoms with Gasteiger partial charge in [-0.25, -0.2) is 0 Å². The van der Waals surface area contributed by atoms with E-state index in [-0.39, 0.29) is 22.3 Å². The van der Waals surface area contributed by atoms with Crippen molar-refractivity contribution >= 4 is 5.69 Å². The molecule has 0 aromatic heterocycles. The highest BCUT2D eigenvalue weighted by Gasteiger charge is 2.29. The summed E-state index contributed by atoms with van der Waals surface area (Å²) in [7, 11) is 0. The Hall–Kier alpha value is -1.46. The monoisotopic (exact) mass is 264 g/mol. The van der Waals surface area contributed by atoms with E-state index in [4.69, 9.17) is 4.74 Å². The van der Waals surface area contributed by atoms with Crippen molar-refractivity contribution in [3.05, 3.63) is 39.9 Å². The molecule has 0 saturated carbocycles. The summed E-state index contributed by atoms with van der Waals surface area (Å²) < 4.78 is 5.73. The number of ether oxygens (including phenoxy) is 1. The summed E-state index contributed by atoms with van der Waals surface area (Å²) in [5.74, 6) is 0. The van der Waals surface area contributed by atoms with Crippen LogP contribution in [0.1, 0.15) is 38.3 Å². The molecular formula is C14H20N2O3. The van der Waals surface area contributed by atoms with Crippen molar-refractivity contribution in [1.82, 2.24) is 5.32 Å². The zero-order chi connectivity index (χ0) is 13.9. The molecule has 1 N–H and O–H groups in total. The topological polar surface area (TPSA) is 64.4 Å². The van der Waals surface area contributed by atoms with Crippen molar-refractivity contribution in [2.75, 3.05) is 13.2 Å². The predicted octanol–water partition coefficient (Wildman–Crippen LogP) is 2.81. The van der Waals surface area contributed by atoms with Crippen LogP contribution in [0.4, 0.5) is 5.69 Å². The van der Waals surface area contributed by atoms with Gasteiger partial charge in [0.2, 0.25) is 0 Å². The second-order valence-corrected chi connectivity index (χ2v) is 5.35. The minimum atomic E-state index is -0.380. The second kappa shape index (κ2) is 5.67. The Morgan fingerprint density at radius 1 is 1.47 bits per heavy atom. The first-order valence-electron chi connectivity index (χ1n) is 6.62. The van der Waals surface area contributed by atoms with Crippen LogP contribution in [0.2, 0.25) is 0 Å². The van der Waals surface area contributed by atoms with Gasteiger partial charge in [0.05, 0.1) is 10.5 Å². The smallest absolute Gasteiger partial charge is 0.269 e. The molecule has 0 amide bonds. The Morgan fingerprint density at radius 2 is 2.16 bits per heavy atom. The third kappa shape index (κ3) is 3.52. The van der Waals surface area contributed by atoms with Gasteiger partial charge in [-0.2, -0.15) is 0 Å². The van der Waals surface area contributed by atoms with Gasteiger partial charge in [-0.15, -0.1) is 0 Å². The minimum absolute atomic E-state index is 0.0744. The molecule has 5 heteroatoms. The summed E-state index contributed by atoms with van der Waals surface area (Å²) >= 11 is 0. The van der Waals surface area contributed by atoms with E-state index in [1.807, 2.05) is 0 Å². The summed E-state index contributed by atoms with van der Waals surface area (Å²) in [4.78, 5) is 10.2. The first-order valence-corrected chi connectivity index (χ1v) is 6.62. The zero-order valence-electron chi connectivity index (χ0n) is 11.4. The second-order valence-electron chi connectivity index (χ2n) is 5.35. The summed E-state index contributed by atoms with van der Waals surface area (Å²) in [6.07, 6.45) is 2.19. The molecule has 0 radical (unpaired) electrons. The quantitative estimate of drug-likeness (QED) is 0.656. The van der Waals surface area contributed by atoms with Crippen molar-refractivity contribution in [2.45, 2.75) is 38.3 Å². The van der Waals surface area contributed by atoms with Crippen LogP contribution in [0.25, 0.3) is 0 Å². The lowest BCUT2D eigenvalue weighted by molar-refractivity contribution is -0.384. The van der Waals surface area contributed by atoms with E-state index in [0.29, 0.717) is 0 Å². The van der Waals surface area contributed by atoms with Crippen molar-refractivity contribution < 1.29 is 9.66 Å². The van der Waals surface area contributed by atoms with Crippen LogP contribution in [0, 0.1) is 10.1 Å². The van der Waals surface area contributed by atoms with Crippen LogP contribution >= 0.6 is 0 Å². The average molecular weight is 264 g/mol. The van der Waals surface area contributed by atoms with Gasteiger partial charge in [0.25, 0.3) is 5.69 Å². The fourth-order valence-electron chi connectivity index (χ4n) is 2.35. The molecule has 2 unspecified atom stereocenters. The van der Waals surface area contributed by atoms with Crippen LogP contribution in [0.3, 0.4) is 0 Å². The Kier molecular flexibility index (Phi) is 4.17. The number of hydrogen-bond donors (Lipinski definition) is 1. The van der Waals surface area contributed by atoms with E-state index in [1.165, 1.54) is 0 Å². The lowest BCUT2D eigenvalue weighted by Crippen LogP contribution is -2.38. The Morgan fingerprint density at radius 3 is 2.68 bits per heavy atom. The molecule has 104 valence electrons. The molecular weight excluding hydrogens is 244 g/mol. The number of rotatable bonds is 5. The van der Waals surface area contributed by atoms with Gasteiger partial charge < -0.3 is 10.1 Å². The van der Waals surface area contributed by atoms with Gasteiger partial charge in [-0.05, 0) is 32.3 Å². The number of nitro benzene ring substituents is 1. The molecule has 1 aromatic rings. The third-order valence-corrected chi connectivity index (χ3v) is 3.69. The van der Waals surface area contributed by atoms with E-state index in [9.17, 15) is 10.1 Å². The largest absolute Gasteiger partial charge is 0.374 e. The lowest BCUT2D eigenvalue weighted by atomic mass is 10.0. The van der Waals surface area contributed by atoms with Crippen LogP contribution in [0.15, 0.2) is 24.3 Å². The van der Waals surface area contributed by atoms with Gasteiger partial charge >= 0.3 is 0 Å². The lowest BCUT2D eigenvalue weighted by Gasteiger charge is -2.26. The molecule has 5 nitrogen and oxygen atoms in total. The van der Waals surface area contributed by atoms with E-state index >= 15 is 0 Å². The molecule has 1 fully saturated rings. The van der Waals surface area contributed by atoms with Gasteiger partial charge in [-0.3, -0.25) is 10.1 Å². The van der Waals surface area contributed by atoms with Crippen LogP contribution in [0.5, 0.6) is 0 Å². The number of nitrogens with one attached hydrogen (secondary N) is 1. The predicted molar refractivity (Wildman–Crippen MR) is 73.1 cm³/mol. The summed E-state index contributed by atoms with van der Waals surface area (Å²) in [6.45, 7) is 5.81. The van der Waals surface area contributed by atoms with E-state index in [1.54, 1.807) is 24.3 Å². The molecule has 1 aliphatic heterocycles. The number of hydrogen-bond acceptors (Lipinski definition) is 4. The highest BCUT2D eigenvalue weighted by molar-refractivity contribution is 5.34. The zero-order valence-corrected chi connectivity index (χ0v) is 11.4. The van der Waals surface area contributed by atoms with E-state index in [2.05, 4.69) is 19.2 Å². The number of benzene rings is 1. The molecule has 0 bridgehead atoms. The number of non-ortho nitro benzene ring substituents is 1. The van der Waals surface area contributed by atoms with Crippen molar-refractivity contribution in [2.24, 2.45) is 0 Å². The maximum absolute atomic E-state index is 10.6. The standard InChI is InChI=1S/C14H20N2O3/c1-11(15-10-14(2)8-3-9-19-14)12-4-6-13(7-5-12)16(17)18/h4-7,11,15H,3,8-10H2,1-2H3. The van der Waals surface area contributed by atoms with Gasteiger partial charge in [0, 0.05) is 31.3 Å². The van der Waals surface area contributed by atoms with Crippen LogP contribution in [-0.4, -0.2) is 23.7 Å². The molecule has 2 atom stereocenters. The van der Waals surface area contributed by atoms with Crippen LogP contribution in [-0.2, 0) is 4.74 Å². The molecule has 0 spiro atoms. The normalized spacial score (nSPS) is 24.3. The van der Waals surface area contributed by atoms with Crippen LogP contribution < -0.4 is 5.32 Å². The fourth-order valence-corrected chi connectivity index (χ4v) is 2.35. The molecule has 1 saturated heterocycles. The first-order chi connectivity index (χ1) is 9.00.